The molecule has 30 heavy (non-hydrogen) atoms. The van der Waals surface area contributed by atoms with Crippen molar-refractivity contribution in [3.05, 3.63) is 82.2 Å². The van der Waals surface area contributed by atoms with E-state index in [9.17, 15) is 4.79 Å². The molecule has 4 rings (SSSR count). The van der Waals surface area contributed by atoms with Crippen LogP contribution < -0.4 is 10.4 Å². The summed E-state index contributed by atoms with van der Waals surface area (Å²) in [6, 6.07) is 14.4. The van der Waals surface area contributed by atoms with Crippen LogP contribution >= 0.6 is 23.4 Å². The highest BCUT2D eigenvalue weighted by Crippen LogP contribution is 2.30. The molecule has 0 atom stereocenters. The van der Waals surface area contributed by atoms with Crippen molar-refractivity contribution in [1.82, 2.24) is 14.8 Å². The number of nitrogens with zero attached hydrogens (tertiary/aromatic N) is 3. The molecule has 0 amide bonds. The quantitative estimate of drug-likeness (QED) is 0.224. The molecule has 0 unspecified atom stereocenters. The summed E-state index contributed by atoms with van der Waals surface area (Å²) in [5.41, 5.74) is 1.86. The fourth-order valence-electron chi connectivity index (χ4n) is 3.10. The fourth-order valence-corrected chi connectivity index (χ4v) is 4.17. The third-order valence-corrected chi connectivity index (χ3v) is 5.79. The molecule has 0 radical (unpaired) electrons. The Kier molecular flexibility index (Phi) is 5.92. The van der Waals surface area contributed by atoms with Crippen LogP contribution in [0.5, 0.6) is 5.75 Å². The molecule has 152 valence electrons. The van der Waals surface area contributed by atoms with Crippen molar-refractivity contribution in [2.24, 2.45) is 0 Å². The van der Waals surface area contributed by atoms with Crippen molar-refractivity contribution < 1.29 is 9.15 Å². The molecule has 0 saturated carbocycles. The molecule has 0 N–H and O–H groups in total. The number of thioether (sulfide) groups is 1. The van der Waals surface area contributed by atoms with Crippen LogP contribution in [0.2, 0.25) is 5.02 Å². The molecule has 0 bridgehead atoms. The zero-order valence-electron chi connectivity index (χ0n) is 16.2. The van der Waals surface area contributed by atoms with Gasteiger partial charge in [-0.25, -0.2) is 4.79 Å². The SMILES string of the molecule is C=CCn1c(SCc2cc(=O)oc3cc(OC)ccc23)nnc1-c1ccc(Cl)cc1. The van der Waals surface area contributed by atoms with Crippen LogP contribution in [0.25, 0.3) is 22.4 Å². The van der Waals surface area contributed by atoms with Crippen LogP contribution in [0, 0.1) is 0 Å². The Hall–Kier alpha value is -3.03. The van der Waals surface area contributed by atoms with Gasteiger partial charge in [-0.05, 0) is 42.0 Å². The van der Waals surface area contributed by atoms with E-state index in [0.29, 0.717) is 28.7 Å². The summed E-state index contributed by atoms with van der Waals surface area (Å²) in [5.74, 6) is 1.90. The van der Waals surface area contributed by atoms with Gasteiger partial charge >= 0.3 is 5.63 Å². The standard InChI is InChI=1S/C22H18ClN3O3S/c1-3-10-26-21(14-4-6-16(23)7-5-14)24-25-22(26)30-13-15-11-20(27)29-19-12-17(28-2)8-9-18(15)19/h3-9,11-12H,1,10,13H2,2H3. The highest BCUT2D eigenvalue weighted by molar-refractivity contribution is 7.98. The van der Waals surface area contributed by atoms with E-state index in [0.717, 1.165) is 27.5 Å². The summed E-state index contributed by atoms with van der Waals surface area (Å²) in [5, 5.41) is 11.0. The highest BCUT2D eigenvalue weighted by Gasteiger charge is 2.15. The molecule has 2 heterocycles. The Morgan fingerprint density at radius 2 is 2.00 bits per heavy atom. The van der Waals surface area contributed by atoms with Gasteiger partial charge in [-0.2, -0.15) is 0 Å². The van der Waals surface area contributed by atoms with E-state index in [1.54, 1.807) is 19.3 Å². The minimum Gasteiger partial charge on any atom is -0.497 e. The molecule has 0 aliphatic carbocycles. The van der Waals surface area contributed by atoms with Crippen molar-refractivity contribution in [3.63, 3.8) is 0 Å². The second kappa shape index (κ2) is 8.77. The molecule has 4 aromatic rings. The molecule has 2 aromatic heterocycles. The Morgan fingerprint density at radius 1 is 1.20 bits per heavy atom. The van der Waals surface area contributed by atoms with E-state index in [2.05, 4.69) is 16.8 Å². The first-order chi connectivity index (χ1) is 14.6. The van der Waals surface area contributed by atoms with Crippen LogP contribution in [0.15, 0.2) is 75.6 Å². The summed E-state index contributed by atoms with van der Waals surface area (Å²) in [7, 11) is 1.57. The van der Waals surface area contributed by atoms with Crippen molar-refractivity contribution in [1.29, 1.82) is 0 Å². The van der Waals surface area contributed by atoms with Crippen LogP contribution in [0.3, 0.4) is 0 Å². The van der Waals surface area contributed by atoms with Gasteiger partial charge in [0, 0.05) is 40.4 Å². The van der Waals surface area contributed by atoms with Gasteiger partial charge in [0.1, 0.15) is 11.3 Å². The summed E-state index contributed by atoms with van der Waals surface area (Å²) >= 11 is 7.49. The van der Waals surface area contributed by atoms with Gasteiger partial charge < -0.3 is 9.15 Å². The summed E-state index contributed by atoms with van der Waals surface area (Å²) in [6.45, 7) is 4.40. The predicted octanol–water partition coefficient (Wildman–Crippen LogP) is 5.19. The maximum Gasteiger partial charge on any atom is 0.336 e. The number of aromatic nitrogens is 3. The van der Waals surface area contributed by atoms with Crippen LogP contribution in [-0.4, -0.2) is 21.9 Å². The number of ether oxygens (including phenoxy) is 1. The summed E-state index contributed by atoms with van der Waals surface area (Å²) in [4.78, 5) is 12.0. The Labute approximate surface area is 182 Å². The minimum atomic E-state index is -0.402. The zero-order valence-corrected chi connectivity index (χ0v) is 17.7. The molecule has 0 spiro atoms. The van der Waals surface area contributed by atoms with Gasteiger partial charge in [0.05, 0.1) is 7.11 Å². The number of halogens is 1. The van der Waals surface area contributed by atoms with Crippen LogP contribution in [0.4, 0.5) is 0 Å². The second-order valence-corrected chi connectivity index (χ2v) is 7.83. The number of hydrogen-bond acceptors (Lipinski definition) is 6. The lowest BCUT2D eigenvalue weighted by atomic mass is 10.1. The van der Waals surface area contributed by atoms with E-state index in [4.69, 9.17) is 20.8 Å². The molecule has 8 heteroatoms. The normalized spacial score (nSPS) is 11.0. The third kappa shape index (κ3) is 4.13. The topological polar surface area (TPSA) is 70.2 Å². The lowest BCUT2D eigenvalue weighted by Gasteiger charge is -2.09. The van der Waals surface area contributed by atoms with Gasteiger partial charge in [0.15, 0.2) is 11.0 Å². The molecule has 6 nitrogen and oxygen atoms in total. The number of allylic oxidation sites excluding steroid dienone is 1. The molecule has 0 fully saturated rings. The minimum absolute atomic E-state index is 0.402. The average Bonchev–Trinajstić information content (AvgIpc) is 3.14. The Bertz CT molecular complexity index is 1270. The van der Waals surface area contributed by atoms with Crippen molar-refractivity contribution in [2.75, 3.05) is 7.11 Å². The number of fused-ring (bicyclic) bond motifs is 1. The lowest BCUT2D eigenvalue weighted by Crippen LogP contribution is -2.02. The van der Waals surface area contributed by atoms with E-state index in [1.165, 1.54) is 17.8 Å². The molecular weight excluding hydrogens is 422 g/mol. The van der Waals surface area contributed by atoms with Gasteiger partial charge in [-0.15, -0.1) is 16.8 Å². The van der Waals surface area contributed by atoms with Gasteiger partial charge in [0.25, 0.3) is 0 Å². The second-order valence-electron chi connectivity index (χ2n) is 6.45. The number of hydrogen-bond donors (Lipinski definition) is 0. The largest absolute Gasteiger partial charge is 0.497 e. The first-order valence-electron chi connectivity index (χ1n) is 9.12. The number of methoxy groups -OCH3 is 1. The van der Waals surface area contributed by atoms with Gasteiger partial charge in [-0.1, -0.05) is 29.4 Å². The predicted molar refractivity (Wildman–Crippen MR) is 119 cm³/mol. The van der Waals surface area contributed by atoms with E-state index in [-0.39, 0.29) is 0 Å². The summed E-state index contributed by atoms with van der Waals surface area (Å²) < 4.78 is 12.5. The Balaban J connectivity index is 1.66. The smallest absolute Gasteiger partial charge is 0.336 e. The highest BCUT2D eigenvalue weighted by atomic mass is 35.5. The van der Waals surface area contributed by atoms with Crippen molar-refractivity contribution >= 4 is 34.3 Å². The van der Waals surface area contributed by atoms with Crippen molar-refractivity contribution in [2.45, 2.75) is 17.5 Å². The molecule has 0 saturated heterocycles. The molecule has 0 aliphatic heterocycles. The lowest BCUT2D eigenvalue weighted by molar-refractivity contribution is 0.414. The molecule has 0 aliphatic rings. The monoisotopic (exact) mass is 439 g/mol. The van der Waals surface area contributed by atoms with E-state index in [1.807, 2.05) is 41.0 Å². The summed E-state index contributed by atoms with van der Waals surface area (Å²) in [6.07, 6.45) is 1.80. The molecular formula is C22H18ClN3O3S. The van der Waals surface area contributed by atoms with E-state index < -0.39 is 5.63 Å². The van der Waals surface area contributed by atoms with Gasteiger partial charge in [0.2, 0.25) is 0 Å². The first kappa shape index (κ1) is 20.3. The van der Waals surface area contributed by atoms with Crippen LogP contribution in [0.1, 0.15) is 5.56 Å². The Morgan fingerprint density at radius 3 is 2.73 bits per heavy atom. The molecule has 2 aromatic carbocycles. The van der Waals surface area contributed by atoms with Crippen molar-refractivity contribution in [3.8, 4) is 17.1 Å². The third-order valence-electron chi connectivity index (χ3n) is 4.53. The van der Waals surface area contributed by atoms with Gasteiger partial charge in [-0.3, -0.25) is 4.57 Å². The number of benzene rings is 2. The first-order valence-corrected chi connectivity index (χ1v) is 10.5. The fraction of sp³-hybridized carbons (Fsp3) is 0.136. The average molecular weight is 440 g/mol. The zero-order chi connectivity index (χ0) is 21.1. The number of rotatable bonds is 7. The maximum absolute atomic E-state index is 12.0. The van der Waals surface area contributed by atoms with Crippen LogP contribution in [-0.2, 0) is 12.3 Å². The maximum atomic E-state index is 12.0. The van der Waals surface area contributed by atoms with E-state index >= 15 is 0 Å².